The Balaban J connectivity index is 3.25. The van der Waals surface area contributed by atoms with Crippen molar-refractivity contribution in [2.75, 3.05) is 33.0 Å². The molecule has 0 amide bonds. The SMILES string of the molecule is CCCOCCOCCOC(=O)OC(C)(C)C. The van der Waals surface area contributed by atoms with Crippen molar-refractivity contribution in [3.8, 4) is 0 Å². The molecule has 0 fully saturated rings. The van der Waals surface area contributed by atoms with Gasteiger partial charge in [0.25, 0.3) is 0 Å². The first-order chi connectivity index (χ1) is 7.95. The minimum atomic E-state index is -0.664. The zero-order valence-electron chi connectivity index (χ0n) is 11.3. The summed E-state index contributed by atoms with van der Waals surface area (Å²) in [6.07, 6.45) is 0.338. The molecule has 0 bridgehead atoms. The maximum atomic E-state index is 11.1. The molecular weight excluding hydrogens is 224 g/mol. The Morgan fingerprint density at radius 3 is 2.00 bits per heavy atom. The zero-order valence-corrected chi connectivity index (χ0v) is 11.3. The molecule has 0 aromatic heterocycles. The summed E-state index contributed by atoms with van der Waals surface area (Å²) >= 11 is 0. The van der Waals surface area contributed by atoms with Crippen LogP contribution < -0.4 is 0 Å². The van der Waals surface area contributed by atoms with Gasteiger partial charge in [-0.1, -0.05) is 6.92 Å². The molecule has 0 radical (unpaired) electrons. The van der Waals surface area contributed by atoms with Crippen LogP contribution >= 0.6 is 0 Å². The van der Waals surface area contributed by atoms with Gasteiger partial charge in [-0.2, -0.15) is 0 Å². The van der Waals surface area contributed by atoms with Gasteiger partial charge in [0.1, 0.15) is 12.2 Å². The van der Waals surface area contributed by atoms with Crippen LogP contribution in [0.2, 0.25) is 0 Å². The van der Waals surface area contributed by atoms with Gasteiger partial charge in [-0.25, -0.2) is 4.79 Å². The van der Waals surface area contributed by atoms with E-state index in [-0.39, 0.29) is 6.61 Å². The van der Waals surface area contributed by atoms with Crippen LogP contribution in [-0.2, 0) is 18.9 Å². The van der Waals surface area contributed by atoms with E-state index < -0.39 is 11.8 Å². The molecule has 0 rings (SSSR count). The van der Waals surface area contributed by atoms with Gasteiger partial charge >= 0.3 is 6.16 Å². The van der Waals surface area contributed by atoms with Gasteiger partial charge in [0.15, 0.2) is 0 Å². The Morgan fingerprint density at radius 2 is 1.47 bits per heavy atom. The zero-order chi connectivity index (χ0) is 13.1. The normalized spacial score (nSPS) is 11.3. The van der Waals surface area contributed by atoms with Gasteiger partial charge in [-0.05, 0) is 27.2 Å². The summed E-state index contributed by atoms with van der Waals surface area (Å²) in [6.45, 7) is 9.80. The van der Waals surface area contributed by atoms with E-state index in [1.807, 2.05) is 0 Å². The Labute approximate surface area is 103 Å². The Bertz CT molecular complexity index is 198. The standard InChI is InChI=1S/C12H24O5/c1-5-6-14-7-8-15-9-10-16-11(13)17-12(2,3)4/h5-10H2,1-4H3. The molecule has 0 N–H and O–H groups in total. The summed E-state index contributed by atoms with van der Waals surface area (Å²) in [5.74, 6) is 0. The van der Waals surface area contributed by atoms with Crippen molar-refractivity contribution in [3.05, 3.63) is 0 Å². The number of rotatable bonds is 8. The molecule has 0 aliphatic rings. The van der Waals surface area contributed by atoms with E-state index in [0.29, 0.717) is 19.8 Å². The lowest BCUT2D eigenvalue weighted by Gasteiger charge is -2.18. The molecule has 0 aromatic carbocycles. The molecule has 5 nitrogen and oxygen atoms in total. The van der Waals surface area contributed by atoms with E-state index in [0.717, 1.165) is 13.0 Å². The highest BCUT2D eigenvalue weighted by atomic mass is 16.7. The maximum absolute atomic E-state index is 11.1. The first kappa shape index (κ1) is 16.2. The molecule has 102 valence electrons. The lowest BCUT2D eigenvalue weighted by atomic mass is 10.2. The maximum Gasteiger partial charge on any atom is 0.508 e. The molecular formula is C12H24O5. The number of hydrogen-bond donors (Lipinski definition) is 0. The van der Waals surface area contributed by atoms with Crippen molar-refractivity contribution in [1.29, 1.82) is 0 Å². The smallest absolute Gasteiger partial charge is 0.432 e. The fourth-order valence-electron chi connectivity index (χ4n) is 0.930. The molecule has 0 spiro atoms. The first-order valence-electron chi connectivity index (χ1n) is 5.97. The number of carbonyl (C=O) groups is 1. The third-order valence-corrected chi connectivity index (χ3v) is 1.56. The van der Waals surface area contributed by atoms with Crippen molar-refractivity contribution in [1.82, 2.24) is 0 Å². The van der Waals surface area contributed by atoms with E-state index in [1.165, 1.54) is 0 Å². The predicted molar refractivity (Wildman–Crippen MR) is 64.1 cm³/mol. The van der Waals surface area contributed by atoms with Crippen LogP contribution in [0.25, 0.3) is 0 Å². The summed E-state index contributed by atoms with van der Waals surface area (Å²) < 4.78 is 20.2. The molecule has 0 atom stereocenters. The molecule has 0 heterocycles. The van der Waals surface area contributed by atoms with Gasteiger partial charge in [-0.15, -0.1) is 0 Å². The fraction of sp³-hybridized carbons (Fsp3) is 0.917. The first-order valence-corrected chi connectivity index (χ1v) is 5.97. The van der Waals surface area contributed by atoms with Crippen molar-refractivity contribution in [2.45, 2.75) is 39.7 Å². The highest BCUT2D eigenvalue weighted by molar-refractivity contribution is 5.60. The average molecular weight is 248 g/mol. The van der Waals surface area contributed by atoms with E-state index in [9.17, 15) is 4.79 Å². The highest BCUT2D eigenvalue weighted by Crippen LogP contribution is 2.07. The van der Waals surface area contributed by atoms with Crippen LogP contribution in [0, 0.1) is 0 Å². The Kier molecular flexibility index (Phi) is 8.80. The van der Waals surface area contributed by atoms with Gasteiger partial charge in [0.2, 0.25) is 0 Å². The molecule has 5 heteroatoms. The quantitative estimate of drug-likeness (QED) is 0.487. The van der Waals surface area contributed by atoms with Gasteiger partial charge in [-0.3, -0.25) is 0 Å². The van der Waals surface area contributed by atoms with Crippen LogP contribution in [0.5, 0.6) is 0 Å². The summed E-state index contributed by atoms with van der Waals surface area (Å²) in [6, 6.07) is 0. The second-order valence-corrected chi connectivity index (χ2v) is 4.54. The van der Waals surface area contributed by atoms with Crippen LogP contribution in [0.1, 0.15) is 34.1 Å². The fourth-order valence-corrected chi connectivity index (χ4v) is 0.930. The summed E-state index contributed by atoms with van der Waals surface area (Å²) in [5, 5.41) is 0. The van der Waals surface area contributed by atoms with E-state index in [4.69, 9.17) is 18.9 Å². The number of carbonyl (C=O) groups excluding carboxylic acids is 1. The van der Waals surface area contributed by atoms with Crippen molar-refractivity contribution in [2.24, 2.45) is 0 Å². The lowest BCUT2D eigenvalue weighted by Crippen LogP contribution is -2.25. The molecule has 0 aliphatic carbocycles. The highest BCUT2D eigenvalue weighted by Gasteiger charge is 2.16. The van der Waals surface area contributed by atoms with Crippen molar-refractivity contribution >= 4 is 6.16 Å². The monoisotopic (exact) mass is 248 g/mol. The van der Waals surface area contributed by atoms with Crippen LogP contribution in [0.15, 0.2) is 0 Å². The second kappa shape index (κ2) is 9.24. The number of hydrogen-bond acceptors (Lipinski definition) is 5. The molecule has 0 aromatic rings. The average Bonchev–Trinajstić information content (AvgIpc) is 2.19. The minimum absolute atomic E-state index is 0.197. The summed E-state index contributed by atoms with van der Waals surface area (Å²) in [4.78, 5) is 11.1. The van der Waals surface area contributed by atoms with Crippen LogP contribution in [0.4, 0.5) is 4.79 Å². The Morgan fingerprint density at radius 1 is 0.941 bits per heavy atom. The minimum Gasteiger partial charge on any atom is -0.432 e. The molecule has 0 saturated heterocycles. The third kappa shape index (κ3) is 13.1. The van der Waals surface area contributed by atoms with Gasteiger partial charge < -0.3 is 18.9 Å². The summed E-state index contributed by atoms with van der Waals surface area (Å²) in [5.41, 5.74) is -0.522. The molecule has 0 aliphatic heterocycles. The van der Waals surface area contributed by atoms with Gasteiger partial charge in [0.05, 0.1) is 19.8 Å². The predicted octanol–water partition coefficient (Wildman–Crippen LogP) is 2.38. The third-order valence-electron chi connectivity index (χ3n) is 1.56. The van der Waals surface area contributed by atoms with Gasteiger partial charge in [0, 0.05) is 6.61 Å². The van der Waals surface area contributed by atoms with Crippen LogP contribution in [-0.4, -0.2) is 44.8 Å². The number of ether oxygens (including phenoxy) is 4. The second-order valence-electron chi connectivity index (χ2n) is 4.54. The van der Waals surface area contributed by atoms with E-state index in [1.54, 1.807) is 20.8 Å². The Hall–Kier alpha value is -0.810. The van der Waals surface area contributed by atoms with Crippen molar-refractivity contribution in [3.63, 3.8) is 0 Å². The van der Waals surface area contributed by atoms with Crippen LogP contribution in [0.3, 0.4) is 0 Å². The molecule has 17 heavy (non-hydrogen) atoms. The lowest BCUT2D eigenvalue weighted by molar-refractivity contribution is -0.0235. The topological polar surface area (TPSA) is 54.0 Å². The molecule has 0 unspecified atom stereocenters. The van der Waals surface area contributed by atoms with E-state index >= 15 is 0 Å². The summed E-state index contributed by atoms with van der Waals surface area (Å²) in [7, 11) is 0. The van der Waals surface area contributed by atoms with Crippen molar-refractivity contribution < 1.29 is 23.7 Å². The van der Waals surface area contributed by atoms with E-state index in [2.05, 4.69) is 6.92 Å². The molecule has 0 saturated carbocycles. The largest absolute Gasteiger partial charge is 0.508 e.